The second kappa shape index (κ2) is 8.26. The van der Waals surface area contributed by atoms with Crippen molar-refractivity contribution >= 4 is 22.5 Å². The van der Waals surface area contributed by atoms with Crippen molar-refractivity contribution < 1.29 is 9.21 Å². The molecule has 0 radical (unpaired) electrons. The summed E-state index contributed by atoms with van der Waals surface area (Å²) in [4.78, 5) is 30.4. The number of anilines is 1. The normalized spacial score (nSPS) is 10.8. The fourth-order valence-corrected chi connectivity index (χ4v) is 3.49. The summed E-state index contributed by atoms with van der Waals surface area (Å²) in [5.74, 6) is 2.17. The molecule has 2 N–H and O–H groups in total. The zero-order chi connectivity index (χ0) is 19.4. The van der Waals surface area contributed by atoms with Crippen molar-refractivity contribution in [3.63, 3.8) is 0 Å². The number of carbonyl (C=O) groups is 1. The second-order valence-corrected chi connectivity index (χ2v) is 7.08. The van der Waals surface area contributed by atoms with Crippen LogP contribution in [0.4, 0.5) is 9.93 Å². The number of aromatic nitrogens is 4. The fraction of sp³-hybridized carbons (Fsp3) is 0.389. The molecule has 0 unspecified atom stereocenters. The molecule has 3 aromatic heterocycles. The number of hydrogen-bond acceptors (Lipinski definition) is 7. The molecule has 0 atom stereocenters. The van der Waals surface area contributed by atoms with Gasteiger partial charge >= 0.3 is 6.03 Å². The molecule has 3 rings (SSSR count). The molecule has 9 heteroatoms. The summed E-state index contributed by atoms with van der Waals surface area (Å²) in [7, 11) is 0. The van der Waals surface area contributed by atoms with Crippen molar-refractivity contribution in [3.8, 4) is 10.6 Å². The van der Waals surface area contributed by atoms with Crippen LogP contribution >= 0.6 is 11.3 Å². The Morgan fingerprint density at radius 1 is 1.22 bits per heavy atom. The van der Waals surface area contributed by atoms with E-state index in [4.69, 9.17) is 4.42 Å². The highest BCUT2D eigenvalue weighted by atomic mass is 32.1. The summed E-state index contributed by atoms with van der Waals surface area (Å²) in [5, 5.41) is 6.08. The first-order valence-corrected chi connectivity index (χ1v) is 9.54. The van der Waals surface area contributed by atoms with E-state index in [1.807, 2.05) is 33.8 Å². The van der Waals surface area contributed by atoms with Crippen molar-refractivity contribution in [1.29, 1.82) is 0 Å². The van der Waals surface area contributed by atoms with Crippen LogP contribution in [0.3, 0.4) is 0 Å². The molecule has 8 nitrogen and oxygen atoms in total. The third-order valence-electron chi connectivity index (χ3n) is 3.79. The zero-order valence-corrected chi connectivity index (χ0v) is 16.6. The highest BCUT2D eigenvalue weighted by molar-refractivity contribution is 7.19. The number of nitrogens with zero attached hydrogens (tertiary/aromatic N) is 4. The van der Waals surface area contributed by atoms with E-state index >= 15 is 0 Å². The van der Waals surface area contributed by atoms with Gasteiger partial charge in [0.2, 0.25) is 0 Å². The molecule has 0 bridgehead atoms. The smallest absolute Gasteiger partial charge is 0.321 e. The molecule has 3 heterocycles. The van der Waals surface area contributed by atoms with Crippen LogP contribution in [-0.4, -0.2) is 32.5 Å². The minimum Gasteiger partial charge on any atom is -0.446 e. The molecular weight excluding hydrogens is 364 g/mol. The number of aryl methyl sites for hydroxylation is 4. The molecule has 0 saturated carbocycles. The van der Waals surface area contributed by atoms with Gasteiger partial charge in [-0.25, -0.2) is 24.7 Å². The fourth-order valence-electron chi connectivity index (χ4n) is 2.57. The Kier molecular flexibility index (Phi) is 5.80. The van der Waals surface area contributed by atoms with Gasteiger partial charge in [-0.05, 0) is 26.8 Å². The molecule has 3 aromatic rings. The van der Waals surface area contributed by atoms with E-state index in [2.05, 4.69) is 30.6 Å². The Morgan fingerprint density at radius 2 is 2.04 bits per heavy atom. The van der Waals surface area contributed by atoms with Crippen molar-refractivity contribution in [2.45, 2.75) is 40.5 Å². The minimum absolute atomic E-state index is 0.312. The van der Waals surface area contributed by atoms with Crippen molar-refractivity contribution in [2.75, 3.05) is 11.9 Å². The first-order valence-electron chi connectivity index (χ1n) is 8.73. The summed E-state index contributed by atoms with van der Waals surface area (Å²) in [6, 6.07) is 1.60. The third kappa shape index (κ3) is 4.88. The topological polar surface area (TPSA) is 106 Å². The number of amides is 2. The molecule has 0 aliphatic heterocycles. The van der Waals surface area contributed by atoms with Gasteiger partial charge < -0.3 is 9.73 Å². The Balaban J connectivity index is 1.58. The molecule has 0 aliphatic carbocycles. The minimum atomic E-state index is -0.312. The largest absolute Gasteiger partial charge is 0.446 e. The molecule has 27 heavy (non-hydrogen) atoms. The average molecular weight is 386 g/mol. The van der Waals surface area contributed by atoms with Gasteiger partial charge in [-0.3, -0.25) is 5.32 Å². The summed E-state index contributed by atoms with van der Waals surface area (Å²) in [5.41, 5.74) is 2.54. The van der Waals surface area contributed by atoms with E-state index in [1.165, 1.54) is 11.3 Å². The SMILES string of the molecule is CCc1cnc(CCNC(=O)Nc2nc(C)c(-c3cc(C)nc(C)n3)s2)o1. The Bertz CT molecular complexity index is 929. The van der Waals surface area contributed by atoms with Crippen LogP contribution in [0.15, 0.2) is 16.7 Å². The quantitative estimate of drug-likeness (QED) is 0.672. The summed E-state index contributed by atoms with van der Waals surface area (Å²) in [6.07, 6.45) is 3.05. The first-order chi connectivity index (χ1) is 12.9. The van der Waals surface area contributed by atoms with Crippen molar-refractivity contribution in [1.82, 2.24) is 25.3 Å². The maximum absolute atomic E-state index is 12.1. The molecule has 0 spiro atoms. The standard InChI is InChI=1S/C18H22N6O2S/c1-5-13-9-20-15(26-13)6-7-19-17(25)24-18-22-11(3)16(27-18)14-8-10(2)21-12(4)23-14/h8-9H,5-7H2,1-4H3,(H2,19,22,24,25). The number of nitrogens with one attached hydrogen (secondary N) is 2. The van der Waals surface area contributed by atoms with E-state index in [0.29, 0.717) is 29.8 Å². The number of oxazole rings is 1. The number of thiazole rings is 1. The predicted octanol–water partition coefficient (Wildman–Crippen LogP) is 3.44. The maximum atomic E-state index is 12.1. The van der Waals surface area contributed by atoms with Gasteiger partial charge in [0, 0.05) is 25.1 Å². The van der Waals surface area contributed by atoms with Gasteiger partial charge in [0.15, 0.2) is 11.0 Å². The molecule has 0 fully saturated rings. The van der Waals surface area contributed by atoms with E-state index < -0.39 is 0 Å². The molecule has 2 amide bonds. The first kappa shape index (κ1) is 19.0. The van der Waals surface area contributed by atoms with Crippen molar-refractivity contribution in [3.05, 3.63) is 41.1 Å². The summed E-state index contributed by atoms with van der Waals surface area (Å²) in [6.45, 7) is 8.12. The highest BCUT2D eigenvalue weighted by Crippen LogP contribution is 2.31. The monoisotopic (exact) mass is 386 g/mol. The Labute approximate surface area is 161 Å². The lowest BCUT2D eigenvalue weighted by Gasteiger charge is -2.03. The molecule has 142 valence electrons. The second-order valence-electron chi connectivity index (χ2n) is 6.08. The lowest BCUT2D eigenvalue weighted by Crippen LogP contribution is -2.30. The van der Waals surface area contributed by atoms with Crippen LogP contribution < -0.4 is 10.6 Å². The number of urea groups is 1. The van der Waals surface area contributed by atoms with Crippen LogP contribution in [0.2, 0.25) is 0 Å². The summed E-state index contributed by atoms with van der Waals surface area (Å²) >= 11 is 1.39. The van der Waals surface area contributed by atoms with Crippen molar-refractivity contribution in [2.24, 2.45) is 0 Å². The van der Waals surface area contributed by atoms with Crippen LogP contribution in [0.25, 0.3) is 10.6 Å². The predicted molar refractivity (Wildman–Crippen MR) is 104 cm³/mol. The molecule has 0 saturated heterocycles. The Hall–Kier alpha value is -2.81. The average Bonchev–Trinajstić information content (AvgIpc) is 3.20. The highest BCUT2D eigenvalue weighted by Gasteiger charge is 2.14. The summed E-state index contributed by atoms with van der Waals surface area (Å²) < 4.78 is 5.52. The Morgan fingerprint density at radius 3 is 2.74 bits per heavy atom. The lowest BCUT2D eigenvalue weighted by atomic mass is 10.2. The van der Waals surface area contributed by atoms with E-state index in [9.17, 15) is 4.79 Å². The van der Waals surface area contributed by atoms with Gasteiger partial charge in [-0.1, -0.05) is 18.3 Å². The third-order valence-corrected chi connectivity index (χ3v) is 4.89. The van der Waals surface area contributed by atoms with Gasteiger partial charge in [0.1, 0.15) is 11.6 Å². The lowest BCUT2D eigenvalue weighted by molar-refractivity contribution is 0.252. The molecule has 0 aliphatic rings. The van der Waals surface area contributed by atoms with E-state index in [0.717, 1.165) is 34.1 Å². The van der Waals surface area contributed by atoms with Crippen LogP contribution in [-0.2, 0) is 12.8 Å². The zero-order valence-electron chi connectivity index (χ0n) is 15.8. The maximum Gasteiger partial charge on any atom is 0.321 e. The van der Waals surface area contributed by atoms with Gasteiger partial charge in [-0.15, -0.1) is 0 Å². The number of hydrogen-bond donors (Lipinski definition) is 2. The van der Waals surface area contributed by atoms with Crippen LogP contribution in [0.1, 0.15) is 35.8 Å². The van der Waals surface area contributed by atoms with E-state index in [1.54, 1.807) is 6.20 Å². The molecule has 0 aromatic carbocycles. The van der Waals surface area contributed by atoms with Crippen LogP contribution in [0.5, 0.6) is 0 Å². The van der Waals surface area contributed by atoms with E-state index in [-0.39, 0.29) is 6.03 Å². The van der Waals surface area contributed by atoms with Gasteiger partial charge in [0.25, 0.3) is 0 Å². The van der Waals surface area contributed by atoms with Gasteiger partial charge in [0.05, 0.1) is 22.5 Å². The molecular formula is C18H22N6O2S. The van der Waals surface area contributed by atoms with Gasteiger partial charge in [-0.2, -0.15) is 0 Å². The number of rotatable bonds is 6. The number of carbonyl (C=O) groups excluding carboxylic acids is 1. The van der Waals surface area contributed by atoms with Crippen LogP contribution in [0, 0.1) is 20.8 Å².